The lowest BCUT2D eigenvalue weighted by Gasteiger charge is -2.15. The average Bonchev–Trinajstić information content (AvgIpc) is 3.00. The zero-order valence-electron chi connectivity index (χ0n) is 23.6. The summed E-state index contributed by atoms with van der Waals surface area (Å²) in [4.78, 5) is 40.6. The number of halogens is 1. The van der Waals surface area contributed by atoms with Crippen molar-refractivity contribution in [2.75, 3.05) is 22.5 Å². The summed E-state index contributed by atoms with van der Waals surface area (Å²) in [6.45, 7) is 4.47. The van der Waals surface area contributed by atoms with Crippen molar-refractivity contribution >= 4 is 73.4 Å². The van der Waals surface area contributed by atoms with Gasteiger partial charge in [0.15, 0.2) is 5.65 Å². The van der Waals surface area contributed by atoms with Crippen molar-refractivity contribution in [3.8, 4) is 0 Å². The number of fused-ring (bicyclic) bond motifs is 1. The van der Waals surface area contributed by atoms with Crippen LogP contribution < -0.4 is 21.7 Å². The Morgan fingerprint density at radius 1 is 0.907 bits per heavy atom. The van der Waals surface area contributed by atoms with Crippen molar-refractivity contribution in [1.82, 2.24) is 15.0 Å². The number of anilines is 4. The van der Waals surface area contributed by atoms with Crippen LogP contribution in [0.25, 0.3) is 11.0 Å². The fourth-order valence-electron chi connectivity index (χ4n) is 4.19. The Balaban J connectivity index is 1.46. The second-order valence-electron chi connectivity index (χ2n) is 9.99. The average molecular weight is 657 g/mol. The lowest BCUT2D eigenvalue weighted by Crippen LogP contribution is -2.15. The monoisotopic (exact) mass is 655 g/mol. The first kappa shape index (κ1) is 30.1. The number of benzene rings is 3. The van der Waals surface area contributed by atoms with Crippen molar-refractivity contribution < 1.29 is 9.59 Å². The standard InChI is InChI=1S/C32H30BrN7O2S/c1-19(2)26-13-12-25-30(39-26)35-18-36-31(25)40-27-17-20(32(42)38-23-6-4-21(33)5-7-23)3-14-28(27)43-24-10-8-22(9-11-24)37-29(41)15-16-34/h3-14,17-19H,15-16,34H2,1-2H3,(H,37,41)(H,38,42)(H,35,36,39,40). The Morgan fingerprint density at radius 3 is 2.35 bits per heavy atom. The molecule has 0 radical (unpaired) electrons. The number of pyridine rings is 1. The minimum Gasteiger partial charge on any atom is -0.339 e. The third kappa shape index (κ3) is 7.75. The van der Waals surface area contributed by atoms with Crippen LogP contribution in [0.4, 0.5) is 22.9 Å². The molecule has 0 spiro atoms. The van der Waals surface area contributed by atoms with Crippen LogP contribution in [0.5, 0.6) is 0 Å². The lowest BCUT2D eigenvalue weighted by atomic mass is 10.1. The maximum absolute atomic E-state index is 13.2. The summed E-state index contributed by atoms with van der Waals surface area (Å²) >= 11 is 4.94. The van der Waals surface area contributed by atoms with Gasteiger partial charge >= 0.3 is 0 Å². The number of carbonyl (C=O) groups excluding carboxylic acids is 2. The highest BCUT2D eigenvalue weighted by Gasteiger charge is 2.15. The number of rotatable bonds is 10. The zero-order chi connectivity index (χ0) is 30.3. The molecule has 3 aromatic carbocycles. The lowest BCUT2D eigenvalue weighted by molar-refractivity contribution is -0.116. The van der Waals surface area contributed by atoms with E-state index in [-0.39, 0.29) is 24.2 Å². The number of amides is 2. The molecule has 2 heterocycles. The molecule has 0 saturated carbocycles. The molecule has 218 valence electrons. The molecule has 9 nitrogen and oxygen atoms in total. The number of nitrogens with two attached hydrogens (primary N) is 1. The van der Waals surface area contributed by atoms with Crippen molar-refractivity contribution in [1.29, 1.82) is 0 Å². The van der Waals surface area contributed by atoms with Gasteiger partial charge in [-0.15, -0.1) is 0 Å². The summed E-state index contributed by atoms with van der Waals surface area (Å²) in [5.74, 6) is 0.479. The van der Waals surface area contributed by atoms with E-state index in [2.05, 4.69) is 55.7 Å². The van der Waals surface area contributed by atoms with Crippen molar-refractivity contribution in [2.45, 2.75) is 36.0 Å². The highest BCUT2D eigenvalue weighted by molar-refractivity contribution is 9.10. The van der Waals surface area contributed by atoms with Gasteiger partial charge in [0.2, 0.25) is 5.91 Å². The molecule has 0 aliphatic carbocycles. The molecule has 0 aliphatic heterocycles. The van der Waals surface area contributed by atoms with Crippen LogP contribution in [-0.2, 0) is 4.79 Å². The molecule has 43 heavy (non-hydrogen) atoms. The Hall–Kier alpha value is -4.32. The maximum atomic E-state index is 13.2. The van der Waals surface area contributed by atoms with Gasteiger partial charge in [0.25, 0.3) is 5.91 Å². The summed E-state index contributed by atoms with van der Waals surface area (Å²) in [7, 11) is 0. The van der Waals surface area contributed by atoms with Crippen LogP contribution in [0.1, 0.15) is 42.2 Å². The minimum atomic E-state index is -0.240. The first-order chi connectivity index (χ1) is 20.8. The Morgan fingerprint density at radius 2 is 1.63 bits per heavy atom. The Bertz CT molecular complexity index is 1760. The van der Waals surface area contributed by atoms with Crippen LogP contribution in [0, 0.1) is 0 Å². The molecule has 0 atom stereocenters. The molecular weight excluding hydrogens is 626 g/mol. The molecule has 5 aromatic rings. The van der Waals surface area contributed by atoms with Gasteiger partial charge < -0.3 is 21.7 Å². The molecule has 0 bridgehead atoms. The Kier molecular flexibility index (Phi) is 9.65. The second kappa shape index (κ2) is 13.8. The number of carbonyl (C=O) groups is 2. The molecule has 0 unspecified atom stereocenters. The minimum absolute atomic E-state index is 0.126. The smallest absolute Gasteiger partial charge is 0.255 e. The fourth-order valence-corrected chi connectivity index (χ4v) is 5.33. The molecule has 11 heteroatoms. The van der Waals surface area contributed by atoms with Gasteiger partial charge in [-0.2, -0.15) is 0 Å². The van der Waals surface area contributed by atoms with Gasteiger partial charge in [-0.1, -0.05) is 41.5 Å². The van der Waals surface area contributed by atoms with Gasteiger partial charge in [0.1, 0.15) is 12.1 Å². The van der Waals surface area contributed by atoms with Crippen molar-refractivity contribution in [3.05, 3.63) is 101 Å². The molecule has 0 fully saturated rings. The highest BCUT2D eigenvalue weighted by atomic mass is 79.9. The van der Waals surface area contributed by atoms with E-state index in [1.807, 2.05) is 72.8 Å². The largest absolute Gasteiger partial charge is 0.339 e. The van der Waals surface area contributed by atoms with Gasteiger partial charge in [-0.25, -0.2) is 15.0 Å². The van der Waals surface area contributed by atoms with E-state index in [1.54, 1.807) is 6.07 Å². The maximum Gasteiger partial charge on any atom is 0.255 e. The van der Waals surface area contributed by atoms with Crippen LogP contribution in [-0.4, -0.2) is 33.3 Å². The summed E-state index contributed by atoms with van der Waals surface area (Å²) in [6, 6.07) is 24.4. The van der Waals surface area contributed by atoms with E-state index < -0.39 is 0 Å². The molecular formula is C32H30BrN7O2S. The van der Waals surface area contributed by atoms with Crippen LogP contribution >= 0.6 is 27.7 Å². The van der Waals surface area contributed by atoms with E-state index >= 15 is 0 Å². The van der Waals surface area contributed by atoms with E-state index in [0.717, 1.165) is 25.3 Å². The first-order valence-electron chi connectivity index (χ1n) is 13.7. The van der Waals surface area contributed by atoms with E-state index in [4.69, 9.17) is 10.7 Å². The third-order valence-electron chi connectivity index (χ3n) is 6.44. The summed E-state index contributed by atoms with van der Waals surface area (Å²) in [6.07, 6.45) is 1.75. The predicted octanol–water partition coefficient (Wildman–Crippen LogP) is 7.35. The van der Waals surface area contributed by atoms with Gasteiger partial charge in [-0.05, 0) is 84.8 Å². The summed E-state index contributed by atoms with van der Waals surface area (Å²) in [5, 5.41) is 10.00. The van der Waals surface area contributed by atoms with E-state index in [1.165, 1.54) is 18.1 Å². The topological polar surface area (TPSA) is 135 Å². The van der Waals surface area contributed by atoms with Crippen molar-refractivity contribution in [2.24, 2.45) is 5.73 Å². The van der Waals surface area contributed by atoms with Gasteiger partial charge in [-0.3, -0.25) is 9.59 Å². The molecule has 2 aromatic heterocycles. The van der Waals surface area contributed by atoms with Gasteiger partial charge in [0, 0.05) is 49.9 Å². The molecule has 0 saturated heterocycles. The third-order valence-corrected chi connectivity index (χ3v) is 8.06. The summed E-state index contributed by atoms with van der Waals surface area (Å²) in [5.41, 5.74) is 9.57. The normalized spacial score (nSPS) is 11.0. The quantitative estimate of drug-likeness (QED) is 0.123. The summed E-state index contributed by atoms with van der Waals surface area (Å²) < 4.78 is 0.927. The van der Waals surface area contributed by atoms with Crippen LogP contribution in [0.2, 0.25) is 0 Å². The predicted molar refractivity (Wildman–Crippen MR) is 176 cm³/mol. The molecule has 5 N–H and O–H groups in total. The highest BCUT2D eigenvalue weighted by Crippen LogP contribution is 2.37. The number of nitrogens with one attached hydrogen (secondary N) is 3. The number of aromatic nitrogens is 3. The molecule has 5 rings (SSSR count). The molecule has 2 amide bonds. The fraction of sp³-hybridized carbons (Fsp3) is 0.156. The number of hydrogen-bond acceptors (Lipinski definition) is 8. The van der Waals surface area contributed by atoms with Crippen LogP contribution in [0.3, 0.4) is 0 Å². The van der Waals surface area contributed by atoms with Gasteiger partial charge in [0.05, 0.1) is 11.1 Å². The van der Waals surface area contributed by atoms with Crippen molar-refractivity contribution in [3.63, 3.8) is 0 Å². The number of hydrogen-bond donors (Lipinski definition) is 4. The zero-order valence-corrected chi connectivity index (χ0v) is 26.0. The van der Waals surface area contributed by atoms with E-state index in [9.17, 15) is 9.59 Å². The van der Waals surface area contributed by atoms with E-state index in [0.29, 0.717) is 40.6 Å². The number of nitrogens with zero attached hydrogens (tertiary/aromatic N) is 3. The van der Waals surface area contributed by atoms with Crippen LogP contribution in [0.15, 0.2) is 99.5 Å². The first-order valence-corrected chi connectivity index (χ1v) is 15.3. The Labute approximate surface area is 262 Å². The second-order valence-corrected chi connectivity index (χ2v) is 12.0. The molecule has 0 aliphatic rings. The SMILES string of the molecule is CC(C)c1ccc2c(Nc3cc(C(=O)Nc4ccc(Br)cc4)ccc3Sc3ccc(NC(=O)CCN)cc3)ncnc2n1.